The lowest BCUT2D eigenvalue weighted by molar-refractivity contribution is -0.137. The molecule has 1 rings (SSSR count). The Hall–Kier alpha value is -2.28. The molecule has 0 saturated carbocycles. The van der Waals surface area contributed by atoms with Crippen LogP contribution in [0.5, 0.6) is 11.5 Å². The van der Waals surface area contributed by atoms with Crippen molar-refractivity contribution in [3.05, 3.63) is 23.8 Å². The summed E-state index contributed by atoms with van der Waals surface area (Å²) in [5, 5.41) is 18.7. The van der Waals surface area contributed by atoms with Gasteiger partial charge in [-0.15, -0.1) is 0 Å². The first-order valence-electron chi connectivity index (χ1n) is 6.38. The fourth-order valence-electron chi connectivity index (χ4n) is 1.72. The van der Waals surface area contributed by atoms with Crippen LogP contribution in [0.15, 0.2) is 18.2 Å². The molecule has 0 radical (unpaired) electrons. The molecule has 0 atom stereocenters. The van der Waals surface area contributed by atoms with Gasteiger partial charge in [0, 0.05) is 13.1 Å². The molecule has 0 bridgehead atoms. The Bertz CT molecular complexity index is 516. The Balaban J connectivity index is 3.00. The van der Waals surface area contributed by atoms with Crippen molar-refractivity contribution in [2.45, 2.75) is 0 Å². The van der Waals surface area contributed by atoms with Gasteiger partial charge in [-0.2, -0.15) is 0 Å². The number of carbonyl (C=O) groups is 2. The van der Waals surface area contributed by atoms with Crippen LogP contribution in [-0.2, 0) is 4.79 Å². The van der Waals surface area contributed by atoms with Gasteiger partial charge >= 0.3 is 5.97 Å². The number of ether oxygens (including phenoxy) is 1. The van der Waals surface area contributed by atoms with Gasteiger partial charge < -0.3 is 24.7 Å². The lowest BCUT2D eigenvalue weighted by atomic mass is 10.1. The van der Waals surface area contributed by atoms with Gasteiger partial charge in [0.1, 0.15) is 18.0 Å². The van der Waals surface area contributed by atoms with Crippen LogP contribution in [0.2, 0.25) is 0 Å². The Kier molecular flexibility index (Phi) is 5.98. The number of carboxylic acid groups (broad SMARTS) is 1. The predicted octanol–water partition coefficient (Wildman–Crippen LogP) is 0.489. The molecule has 0 unspecified atom stereocenters. The van der Waals surface area contributed by atoms with Crippen molar-refractivity contribution in [3.8, 4) is 11.5 Å². The van der Waals surface area contributed by atoms with E-state index in [-0.39, 0.29) is 17.9 Å². The largest absolute Gasteiger partial charge is 0.507 e. The van der Waals surface area contributed by atoms with Crippen LogP contribution < -0.4 is 4.74 Å². The van der Waals surface area contributed by atoms with Crippen LogP contribution in [0.25, 0.3) is 0 Å². The highest BCUT2D eigenvalue weighted by Gasteiger charge is 2.21. The fourth-order valence-corrected chi connectivity index (χ4v) is 1.72. The lowest BCUT2D eigenvalue weighted by Gasteiger charge is -2.23. The monoisotopic (exact) mass is 296 g/mol. The highest BCUT2D eigenvalue weighted by molar-refractivity contribution is 5.98. The van der Waals surface area contributed by atoms with E-state index in [0.29, 0.717) is 12.3 Å². The Morgan fingerprint density at radius 1 is 1.24 bits per heavy atom. The summed E-state index contributed by atoms with van der Waals surface area (Å²) in [6.07, 6.45) is 0. The van der Waals surface area contributed by atoms with E-state index in [1.54, 1.807) is 0 Å². The molecule has 116 valence electrons. The number of carbonyl (C=O) groups excluding carboxylic acids is 1. The number of hydrogen-bond donors (Lipinski definition) is 2. The second-order valence-corrected chi connectivity index (χ2v) is 4.81. The number of carboxylic acids is 1. The van der Waals surface area contributed by atoms with Crippen molar-refractivity contribution < 1.29 is 24.5 Å². The van der Waals surface area contributed by atoms with Crippen LogP contribution in [-0.4, -0.2) is 72.7 Å². The number of amides is 1. The van der Waals surface area contributed by atoms with Gasteiger partial charge in [-0.25, -0.2) is 0 Å². The van der Waals surface area contributed by atoms with Crippen molar-refractivity contribution in [1.29, 1.82) is 0 Å². The molecule has 0 fully saturated rings. The van der Waals surface area contributed by atoms with E-state index < -0.39 is 18.4 Å². The average molecular weight is 296 g/mol. The van der Waals surface area contributed by atoms with Gasteiger partial charge in [0.25, 0.3) is 5.91 Å². The van der Waals surface area contributed by atoms with Gasteiger partial charge in [0.15, 0.2) is 0 Å². The summed E-state index contributed by atoms with van der Waals surface area (Å²) < 4.78 is 5.01. The fraction of sp³-hybridized carbons (Fsp3) is 0.429. The maximum atomic E-state index is 12.4. The summed E-state index contributed by atoms with van der Waals surface area (Å²) in [5.74, 6) is -1.44. The van der Waals surface area contributed by atoms with Gasteiger partial charge in [-0.05, 0) is 32.3 Å². The Morgan fingerprint density at radius 2 is 1.90 bits per heavy atom. The van der Waals surface area contributed by atoms with E-state index >= 15 is 0 Å². The van der Waals surface area contributed by atoms with Gasteiger partial charge in [-0.1, -0.05) is 0 Å². The molecule has 7 heteroatoms. The number of hydrogen-bond acceptors (Lipinski definition) is 5. The van der Waals surface area contributed by atoms with Crippen molar-refractivity contribution >= 4 is 11.9 Å². The minimum absolute atomic E-state index is 0.0226. The van der Waals surface area contributed by atoms with E-state index in [4.69, 9.17) is 9.84 Å². The first-order valence-corrected chi connectivity index (χ1v) is 6.38. The SMILES string of the molecule is COc1ccc(O)c(C(=O)N(CCN(C)C)CC(=O)O)c1. The van der Waals surface area contributed by atoms with Crippen LogP contribution in [0, 0.1) is 0 Å². The standard InChI is InChI=1S/C14H20N2O5/c1-15(2)6-7-16(9-13(18)19)14(20)11-8-10(21-3)4-5-12(11)17/h4-5,8,17H,6-7,9H2,1-3H3,(H,18,19). The molecule has 21 heavy (non-hydrogen) atoms. The van der Waals surface area contributed by atoms with Crippen LogP contribution in [0.4, 0.5) is 0 Å². The maximum Gasteiger partial charge on any atom is 0.323 e. The normalized spacial score (nSPS) is 10.5. The summed E-state index contributed by atoms with van der Waals surface area (Å²) in [6, 6.07) is 4.26. The Labute approximate surface area is 123 Å². The third kappa shape index (κ3) is 4.96. The molecule has 0 saturated heterocycles. The second kappa shape index (κ2) is 7.49. The molecular weight excluding hydrogens is 276 g/mol. The molecule has 7 nitrogen and oxygen atoms in total. The summed E-state index contributed by atoms with van der Waals surface area (Å²) in [6.45, 7) is 0.335. The molecule has 0 aliphatic carbocycles. The summed E-state index contributed by atoms with van der Waals surface area (Å²) in [7, 11) is 5.10. The number of nitrogens with zero attached hydrogens (tertiary/aromatic N) is 2. The molecule has 1 amide bonds. The van der Waals surface area contributed by atoms with E-state index in [2.05, 4.69) is 0 Å². The first-order chi connectivity index (χ1) is 9.85. The number of methoxy groups -OCH3 is 1. The second-order valence-electron chi connectivity index (χ2n) is 4.81. The zero-order chi connectivity index (χ0) is 16.0. The summed E-state index contributed by atoms with van der Waals surface area (Å²) in [5.41, 5.74) is 0.0226. The van der Waals surface area contributed by atoms with Crippen molar-refractivity contribution in [1.82, 2.24) is 9.80 Å². The van der Waals surface area contributed by atoms with Crippen LogP contribution >= 0.6 is 0 Å². The highest BCUT2D eigenvalue weighted by atomic mass is 16.5. The lowest BCUT2D eigenvalue weighted by Crippen LogP contribution is -2.40. The molecule has 0 heterocycles. The first kappa shape index (κ1) is 16.8. The third-order valence-electron chi connectivity index (χ3n) is 2.86. The predicted molar refractivity (Wildman–Crippen MR) is 76.8 cm³/mol. The molecule has 1 aromatic carbocycles. The number of aliphatic carboxylic acids is 1. The Morgan fingerprint density at radius 3 is 2.43 bits per heavy atom. The topological polar surface area (TPSA) is 90.3 Å². The molecule has 0 aromatic heterocycles. The number of phenolic OH excluding ortho intramolecular Hbond substituents is 1. The van der Waals surface area contributed by atoms with E-state index in [9.17, 15) is 14.7 Å². The van der Waals surface area contributed by atoms with E-state index in [0.717, 1.165) is 0 Å². The molecule has 0 aliphatic rings. The molecule has 0 aliphatic heterocycles. The summed E-state index contributed by atoms with van der Waals surface area (Å²) >= 11 is 0. The quantitative estimate of drug-likeness (QED) is 0.761. The van der Waals surface area contributed by atoms with E-state index in [1.807, 2.05) is 19.0 Å². The van der Waals surface area contributed by atoms with Crippen LogP contribution in [0.3, 0.4) is 0 Å². The van der Waals surface area contributed by atoms with Crippen molar-refractivity contribution in [2.24, 2.45) is 0 Å². The van der Waals surface area contributed by atoms with Crippen molar-refractivity contribution in [3.63, 3.8) is 0 Å². The maximum absolute atomic E-state index is 12.4. The van der Waals surface area contributed by atoms with Crippen molar-refractivity contribution in [2.75, 3.05) is 40.8 Å². The van der Waals surface area contributed by atoms with Crippen LogP contribution in [0.1, 0.15) is 10.4 Å². The van der Waals surface area contributed by atoms with Gasteiger partial charge in [-0.3, -0.25) is 9.59 Å². The third-order valence-corrected chi connectivity index (χ3v) is 2.86. The zero-order valence-electron chi connectivity index (χ0n) is 12.4. The minimum atomic E-state index is -1.11. The zero-order valence-corrected chi connectivity index (χ0v) is 12.4. The number of aromatic hydroxyl groups is 1. The average Bonchev–Trinajstić information content (AvgIpc) is 2.42. The molecule has 2 N–H and O–H groups in total. The van der Waals surface area contributed by atoms with Gasteiger partial charge in [0.05, 0.1) is 12.7 Å². The van der Waals surface area contributed by atoms with E-state index in [1.165, 1.54) is 30.2 Å². The highest BCUT2D eigenvalue weighted by Crippen LogP contribution is 2.24. The number of likely N-dealkylation sites (N-methyl/N-ethyl adjacent to an activating group) is 1. The molecule has 0 spiro atoms. The minimum Gasteiger partial charge on any atom is -0.507 e. The number of rotatable bonds is 7. The van der Waals surface area contributed by atoms with Gasteiger partial charge in [0.2, 0.25) is 0 Å². The number of benzene rings is 1. The molecule has 1 aromatic rings. The molecular formula is C14H20N2O5. The smallest absolute Gasteiger partial charge is 0.323 e. The summed E-state index contributed by atoms with van der Waals surface area (Å²) in [4.78, 5) is 26.3. The number of phenols is 1.